The number of benzene rings is 1. The minimum Gasteiger partial charge on any atom is -0.492 e. The molecule has 10 heteroatoms. The summed E-state index contributed by atoms with van der Waals surface area (Å²) in [5.41, 5.74) is -0.833. The normalized spacial score (nSPS) is 18.2. The van der Waals surface area contributed by atoms with Crippen LogP contribution in [-0.2, 0) is 6.54 Å². The maximum Gasteiger partial charge on any atom is 0.341 e. The van der Waals surface area contributed by atoms with E-state index >= 15 is 4.39 Å². The predicted octanol–water partition coefficient (Wildman–Crippen LogP) is 2.17. The van der Waals surface area contributed by atoms with Crippen molar-refractivity contribution in [3.05, 3.63) is 33.9 Å². The van der Waals surface area contributed by atoms with E-state index in [2.05, 4.69) is 0 Å². The van der Waals surface area contributed by atoms with Crippen LogP contribution in [0, 0.1) is 11.7 Å². The molecule has 176 valence electrons. The molecule has 1 saturated heterocycles. The Hall–Kier alpha value is -2.72. The summed E-state index contributed by atoms with van der Waals surface area (Å²) in [7, 11) is 1.35. The summed E-state index contributed by atoms with van der Waals surface area (Å²) in [6.45, 7) is 2.22. The number of aryl methyl sites for hydroxylation is 1. The number of nitrogens with zero attached hydrogens (tertiary/aromatic N) is 2. The number of anilines is 1. The maximum atomic E-state index is 15.3. The number of methoxy groups -OCH3 is 1. The van der Waals surface area contributed by atoms with Gasteiger partial charge < -0.3 is 29.5 Å². The molecule has 1 fully saturated rings. The van der Waals surface area contributed by atoms with Crippen molar-refractivity contribution in [2.75, 3.05) is 31.7 Å². The number of fused-ring (bicyclic) bond motifs is 1. The van der Waals surface area contributed by atoms with E-state index in [1.165, 1.54) is 13.3 Å². The number of alkyl halides is 1. The molecule has 2 aromatic rings. The number of pyridine rings is 1. The largest absolute Gasteiger partial charge is 0.492 e. The van der Waals surface area contributed by atoms with Crippen LogP contribution in [-0.4, -0.2) is 64.9 Å². The minimum atomic E-state index is -1.53. The van der Waals surface area contributed by atoms with E-state index in [9.17, 15) is 24.2 Å². The molecule has 1 aliphatic rings. The van der Waals surface area contributed by atoms with Crippen LogP contribution in [0.4, 0.5) is 14.5 Å². The van der Waals surface area contributed by atoms with Crippen molar-refractivity contribution in [1.29, 1.82) is 0 Å². The number of halogens is 2. The summed E-state index contributed by atoms with van der Waals surface area (Å²) in [6, 6.07) is 1.03. The van der Waals surface area contributed by atoms with Crippen LogP contribution in [0.5, 0.6) is 5.75 Å². The van der Waals surface area contributed by atoms with Crippen LogP contribution in [0.25, 0.3) is 10.9 Å². The molecule has 0 aliphatic carbocycles. The second-order valence-corrected chi connectivity index (χ2v) is 8.08. The van der Waals surface area contributed by atoms with Crippen LogP contribution >= 0.6 is 0 Å². The fraction of sp³-hybridized carbons (Fsp3) is 0.545. The Morgan fingerprint density at radius 3 is 2.72 bits per heavy atom. The van der Waals surface area contributed by atoms with Crippen molar-refractivity contribution < 1.29 is 33.6 Å². The van der Waals surface area contributed by atoms with Crippen LogP contribution in [0.3, 0.4) is 0 Å². The number of carboxylic acid groups (broad SMARTS) is 1. The molecule has 0 spiro atoms. The monoisotopic (exact) mass is 454 g/mol. The number of hydrogen-bond donors (Lipinski definition) is 3. The van der Waals surface area contributed by atoms with E-state index in [1.54, 1.807) is 9.47 Å². The van der Waals surface area contributed by atoms with Gasteiger partial charge in [0.2, 0.25) is 5.43 Å². The number of rotatable bonds is 9. The summed E-state index contributed by atoms with van der Waals surface area (Å²) >= 11 is 0. The van der Waals surface area contributed by atoms with Gasteiger partial charge in [0.05, 0.1) is 30.7 Å². The third kappa shape index (κ3) is 4.42. The molecule has 0 amide bonds. The summed E-state index contributed by atoms with van der Waals surface area (Å²) < 4.78 is 35.9. The van der Waals surface area contributed by atoms with Crippen molar-refractivity contribution >= 4 is 22.6 Å². The lowest BCUT2D eigenvalue weighted by atomic mass is 9.97. The smallest absolute Gasteiger partial charge is 0.341 e. The Bertz CT molecular complexity index is 1060. The van der Waals surface area contributed by atoms with Gasteiger partial charge in [0.15, 0.2) is 11.6 Å². The molecular weight excluding hydrogens is 426 g/mol. The quantitative estimate of drug-likeness (QED) is 0.532. The summed E-state index contributed by atoms with van der Waals surface area (Å²) in [4.78, 5) is 25.9. The fourth-order valence-electron chi connectivity index (χ4n) is 4.38. The van der Waals surface area contributed by atoms with Gasteiger partial charge >= 0.3 is 5.97 Å². The molecular formula is C22H28F2N2O6. The molecule has 2 heterocycles. The van der Waals surface area contributed by atoms with Gasteiger partial charge in [-0.15, -0.1) is 0 Å². The van der Waals surface area contributed by atoms with Crippen molar-refractivity contribution in [3.8, 4) is 5.75 Å². The van der Waals surface area contributed by atoms with E-state index in [-0.39, 0.29) is 35.7 Å². The summed E-state index contributed by atoms with van der Waals surface area (Å²) in [5, 5.41) is 28.5. The van der Waals surface area contributed by atoms with Crippen molar-refractivity contribution in [1.82, 2.24) is 4.57 Å². The fourth-order valence-corrected chi connectivity index (χ4v) is 4.38. The number of aromatic carboxylic acids is 1. The zero-order chi connectivity index (χ0) is 23.6. The molecule has 1 aliphatic heterocycles. The SMILES string of the molecule is CCCn1cc(C(=O)O)c(=O)c2cc(F)c(N3CCC(C(O)CC(F)CO)C3)c(OC)c21. The van der Waals surface area contributed by atoms with Crippen LogP contribution in [0.1, 0.15) is 36.5 Å². The standard InChI is InChI=1S/C22H28F2N2O6/c1-3-5-25-10-15(22(30)31)20(29)14-8-16(24)19(21(32-2)18(14)25)26-6-4-12(9-26)17(28)7-13(23)11-27/h8,10,12-13,17,27-28H,3-7,9,11H2,1-2H3,(H,30,31). The Morgan fingerprint density at radius 2 is 2.12 bits per heavy atom. The first-order valence-corrected chi connectivity index (χ1v) is 10.6. The van der Waals surface area contributed by atoms with E-state index in [1.807, 2.05) is 6.92 Å². The van der Waals surface area contributed by atoms with Gasteiger partial charge in [-0.05, 0) is 18.9 Å². The Labute approximate surface area is 183 Å². The molecule has 0 saturated carbocycles. The molecule has 32 heavy (non-hydrogen) atoms. The summed E-state index contributed by atoms with van der Waals surface area (Å²) in [5.74, 6) is -2.36. The topological polar surface area (TPSA) is 112 Å². The third-order valence-electron chi connectivity index (χ3n) is 5.92. The van der Waals surface area contributed by atoms with Gasteiger partial charge in [-0.3, -0.25) is 4.79 Å². The number of hydrogen-bond acceptors (Lipinski definition) is 6. The van der Waals surface area contributed by atoms with Gasteiger partial charge in [-0.2, -0.15) is 0 Å². The summed E-state index contributed by atoms with van der Waals surface area (Å²) in [6.07, 6.45) is -0.362. The number of aliphatic hydroxyl groups is 2. The second kappa shape index (κ2) is 9.83. The van der Waals surface area contributed by atoms with Crippen molar-refractivity contribution in [2.45, 2.75) is 45.0 Å². The van der Waals surface area contributed by atoms with Gasteiger partial charge in [-0.25, -0.2) is 13.6 Å². The van der Waals surface area contributed by atoms with Crippen molar-refractivity contribution in [3.63, 3.8) is 0 Å². The Morgan fingerprint density at radius 1 is 1.41 bits per heavy atom. The lowest BCUT2D eigenvalue weighted by Crippen LogP contribution is -2.29. The molecule has 1 aromatic heterocycles. The third-order valence-corrected chi connectivity index (χ3v) is 5.92. The second-order valence-electron chi connectivity index (χ2n) is 8.08. The number of ether oxygens (including phenoxy) is 1. The lowest BCUT2D eigenvalue weighted by molar-refractivity contribution is 0.0605. The highest BCUT2D eigenvalue weighted by molar-refractivity contribution is 5.97. The molecule has 0 radical (unpaired) electrons. The first kappa shape index (κ1) is 23.9. The Balaban J connectivity index is 2.10. The highest BCUT2D eigenvalue weighted by Gasteiger charge is 2.34. The number of aromatic nitrogens is 1. The molecule has 3 N–H and O–H groups in total. The first-order chi connectivity index (χ1) is 15.2. The maximum absolute atomic E-state index is 15.3. The van der Waals surface area contributed by atoms with E-state index in [0.29, 0.717) is 31.4 Å². The first-order valence-electron chi connectivity index (χ1n) is 10.6. The number of carbonyl (C=O) groups is 1. The molecule has 3 rings (SSSR count). The van der Waals surface area contributed by atoms with E-state index in [0.717, 1.165) is 6.07 Å². The zero-order valence-corrected chi connectivity index (χ0v) is 18.1. The van der Waals surface area contributed by atoms with Gasteiger partial charge in [-0.1, -0.05) is 6.92 Å². The molecule has 8 nitrogen and oxygen atoms in total. The van der Waals surface area contributed by atoms with Crippen LogP contribution < -0.4 is 15.1 Å². The molecule has 3 unspecified atom stereocenters. The highest BCUT2D eigenvalue weighted by Crippen LogP contribution is 2.41. The molecule has 0 bridgehead atoms. The average molecular weight is 454 g/mol. The molecule has 3 atom stereocenters. The van der Waals surface area contributed by atoms with E-state index < -0.39 is 41.7 Å². The van der Waals surface area contributed by atoms with Gasteiger partial charge in [0.25, 0.3) is 0 Å². The highest BCUT2D eigenvalue weighted by atomic mass is 19.1. The van der Waals surface area contributed by atoms with Gasteiger partial charge in [0.1, 0.15) is 17.4 Å². The predicted molar refractivity (Wildman–Crippen MR) is 115 cm³/mol. The lowest BCUT2D eigenvalue weighted by Gasteiger charge is -2.25. The van der Waals surface area contributed by atoms with E-state index in [4.69, 9.17) is 9.84 Å². The van der Waals surface area contributed by atoms with Crippen molar-refractivity contribution in [2.24, 2.45) is 5.92 Å². The van der Waals surface area contributed by atoms with Crippen LogP contribution in [0.2, 0.25) is 0 Å². The van der Waals surface area contributed by atoms with Crippen LogP contribution in [0.15, 0.2) is 17.1 Å². The minimum absolute atomic E-state index is 0.0875. The zero-order valence-electron chi connectivity index (χ0n) is 18.1. The average Bonchev–Trinajstić information content (AvgIpc) is 3.24. The Kier molecular flexibility index (Phi) is 7.35. The molecule has 1 aromatic carbocycles. The number of carboxylic acids is 1. The van der Waals surface area contributed by atoms with Gasteiger partial charge in [0, 0.05) is 38.2 Å². The number of aliphatic hydroxyl groups excluding tert-OH is 2.